The van der Waals surface area contributed by atoms with Crippen LogP contribution in [0.4, 0.5) is 4.39 Å². The molecule has 3 aromatic heterocycles. The van der Waals surface area contributed by atoms with Crippen LogP contribution in [0.25, 0.3) is 16.4 Å². The monoisotopic (exact) mass is 396 g/mol. The first-order chi connectivity index (χ1) is 13.6. The van der Waals surface area contributed by atoms with Gasteiger partial charge in [-0.05, 0) is 41.8 Å². The minimum Gasteiger partial charge on any atom is -0.357 e. The zero-order valence-electron chi connectivity index (χ0n) is 14.2. The lowest BCUT2D eigenvalue weighted by molar-refractivity contribution is 0.0838. The zero-order chi connectivity index (χ0) is 19.5. The maximum Gasteiger partial charge on any atom is 0.309 e. The Labute approximate surface area is 162 Å². The van der Waals surface area contributed by atoms with Crippen molar-refractivity contribution in [1.82, 2.24) is 30.6 Å². The second-order valence-corrected chi connectivity index (χ2v) is 6.57. The Morgan fingerprint density at radius 1 is 1.07 bits per heavy atom. The normalized spacial score (nSPS) is 10.6. The Balaban J connectivity index is 1.62. The van der Waals surface area contributed by atoms with Gasteiger partial charge in [0, 0.05) is 6.20 Å². The lowest BCUT2D eigenvalue weighted by Gasteiger charge is -2.04. The molecule has 0 aliphatic heterocycles. The number of hydrogen-bond donors (Lipinski definition) is 3. The van der Waals surface area contributed by atoms with E-state index in [-0.39, 0.29) is 11.5 Å². The van der Waals surface area contributed by atoms with Gasteiger partial charge in [-0.15, -0.1) is 16.4 Å². The van der Waals surface area contributed by atoms with Gasteiger partial charge in [-0.1, -0.05) is 12.1 Å². The zero-order valence-corrected chi connectivity index (χ0v) is 15.0. The Bertz CT molecular complexity index is 1120. The van der Waals surface area contributed by atoms with Gasteiger partial charge in [0.1, 0.15) is 11.5 Å². The Morgan fingerprint density at radius 3 is 2.64 bits per heavy atom. The molecule has 8 nitrogen and oxygen atoms in total. The number of hydrogen-bond acceptors (Lipinski definition) is 5. The van der Waals surface area contributed by atoms with Crippen LogP contribution in [-0.2, 0) is 0 Å². The molecule has 3 heterocycles. The number of aromatic nitrogens is 4. The number of carbonyl (C=O) groups is 2. The molecule has 0 aliphatic carbocycles. The van der Waals surface area contributed by atoms with Gasteiger partial charge in [-0.25, -0.2) is 14.1 Å². The van der Waals surface area contributed by atoms with Crippen LogP contribution in [0, 0.1) is 5.82 Å². The van der Waals surface area contributed by atoms with Crippen LogP contribution in [0.3, 0.4) is 0 Å². The molecule has 0 spiro atoms. The van der Waals surface area contributed by atoms with E-state index in [0.29, 0.717) is 11.5 Å². The molecule has 28 heavy (non-hydrogen) atoms. The highest BCUT2D eigenvalue weighted by Gasteiger charge is 2.20. The van der Waals surface area contributed by atoms with Crippen LogP contribution in [0.5, 0.6) is 0 Å². The number of carbonyl (C=O) groups excluding carboxylic acids is 2. The van der Waals surface area contributed by atoms with E-state index in [0.717, 1.165) is 4.88 Å². The molecule has 0 fully saturated rings. The minimum absolute atomic E-state index is 0.167. The van der Waals surface area contributed by atoms with E-state index in [1.807, 2.05) is 17.5 Å². The first-order valence-corrected chi connectivity index (χ1v) is 9.01. The fourth-order valence-electron chi connectivity index (χ4n) is 2.47. The molecule has 0 bridgehead atoms. The van der Waals surface area contributed by atoms with Gasteiger partial charge < -0.3 is 4.98 Å². The molecule has 0 aliphatic rings. The van der Waals surface area contributed by atoms with Crippen LogP contribution in [-0.4, -0.2) is 31.6 Å². The molecule has 0 radical (unpaired) electrons. The van der Waals surface area contributed by atoms with Crippen LogP contribution in [0.1, 0.15) is 21.1 Å². The highest BCUT2D eigenvalue weighted by atomic mass is 32.1. The van der Waals surface area contributed by atoms with Crippen molar-refractivity contribution in [3.63, 3.8) is 0 Å². The highest BCUT2D eigenvalue weighted by Crippen LogP contribution is 2.25. The van der Waals surface area contributed by atoms with Crippen LogP contribution in [0.2, 0.25) is 0 Å². The van der Waals surface area contributed by atoms with Crippen molar-refractivity contribution in [2.24, 2.45) is 0 Å². The van der Waals surface area contributed by atoms with Gasteiger partial charge in [-0.3, -0.25) is 20.4 Å². The molecule has 1 aromatic carbocycles. The summed E-state index contributed by atoms with van der Waals surface area (Å²) < 4.78 is 15.0. The molecule has 0 saturated carbocycles. The van der Waals surface area contributed by atoms with Gasteiger partial charge in [0.25, 0.3) is 5.91 Å². The number of nitrogens with zero attached hydrogens (tertiary/aromatic N) is 3. The van der Waals surface area contributed by atoms with Gasteiger partial charge in [-0.2, -0.15) is 0 Å². The molecular weight excluding hydrogens is 383 g/mol. The van der Waals surface area contributed by atoms with E-state index in [1.54, 1.807) is 30.5 Å². The van der Waals surface area contributed by atoms with Crippen molar-refractivity contribution in [3.8, 4) is 16.4 Å². The fraction of sp³-hybridized carbons (Fsp3) is 0. The second kappa shape index (κ2) is 7.45. The number of nitrogens with one attached hydrogen (secondary N) is 3. The second-order valence-electron chi connectivity index (χ2n) is 5.62. The van der Waals surface area contributed by atoms with Gasteiger partial charge in [0.2, 0.25) is 5.82 Å². The molecular formula is C18H13FN6O2S. The Morgan fingerprint density at radius 2 is 1.93 bits per heavy atom. The van der Waals surface area contributed by atoms with E-state index >= 15 is 0 Å². The highest BCUT2D eigenvalue weighted by molar-refractivity contribution is 7.13. The van der Waals surface area contributed by atoms with Gasteiger partial charge >= 0.3 is 5.91 Å². The summed E-state index contributed by atoms with van der Waals surface area (Å²) in [6.07, 6.45) is 1.59. The summed E-state index contributed by atoms with van der Waals surface area (Å²) in [7, 11) is 0. The van der Waals surface area contributed by atoms with E-state index in [4.69, 9.17) is 0 Å². The molecule has 140 valence electrons. The standard InChI is InChI=1S/C18H13FN6O2S/c19-11-4-1-5-12(10-11)25-16(14-7-3-9-28-14)21-15(24-25)18(27)23-22-17(26)13-6-2-8-20-13/h1-10,20H,(H,22,26)(H,23,27). The minimum atomic E-state index is -0.701. The number of aromatic amines is 1. The summed E-state index contributed by atoms with van der Waals surface area (Å²) in [5.41, 5.74) is 5.26. The average molecular weight is 396 g/mol. The average Bonchev–Trinajstić information content (AvgIpc) is 3.46. The van der Waals surface area contributed by atoms with Crippen molar-refractivity contribution >= 4 is 23.2 Å². The number of thiophene rings is 1. The Kier molecular flexibility index (Phi) is 4.68. The predicted octanol–water partition coefficient (Wildman–Crippen LogP) is 2.54. The van der Waals surface area contributed by atoms with E-state index < -0.39 is 17.6 Å². The van der Waals surface area contributed by atoms with E-state index in [2.05, 4.69) is 25.9 Å². The van der Waals surface area contributed by atoms with Crippen molar-refractivity contribution in [1.29, 1.82) is 0 Å². The van der Waals surface area contributed by atoms with Gasteiger partial charge in [0.05, 0.1) is 10.6 Å². The molecule has 4 rings (SSSR count). The third-order valence-electron chi connectivity index (χ3n) is 3.74. The third-order valence-corrected chi connectivity index (χ3v) is 4.60. The van der Waals surface area contributed by atoms with Crippen LogP contribution in [0.15, 0.2) is 60.1 Å². The largest absolute Gasteiger partial charge is 0.357 e. The summed E-state index contributed by atoms with van der Waals surface area (Å²) >= 11 is 1.41. The number of hydrazine groups is 1. The van der Waals surface area contributed by atoms with Crippen molar-refractivity contribution in [2.75, 3.05) is 0 Å². The first kappa shape index (κ1) is 17.6. The summed E-state index contributed by atoms with van der Waals surface area (Å²) in [5.74, 6) is -1.43. The van der Waals surface area contributed by atoms with Crippen molar-refractivity contribution in [3.05, 3.63) is 77.4 Å². The lowest BCUT2D eigenvalue weighted by atomic mass is 10.3. The summed E-state index contributed by atoms with van der Waals surface area (Å²) in [6.45, 7) is 0. The quantitative estimate of drug-likeness (QED) is 0.461. The topological polar surface area (TPSA) is 105 Å². The number of H-pyrrole nitrogens is 1. The molecule has 4 aromatic rings. The maximum atomic E-state index is 13.6. The molecule has 3 N–H and O–H groups in total. The number of benzene rings is 1. The predicted molar refractivity (Wildman–Crippen MR) is 100 cm³/mol. The fourth-order valence-corrected chi connectivity index (χ4v) is 3.17. The van der Waals surface area contributed by atoms with Crippen LogP contribution >= 0.6 is 11.3 Å². The summed E-state index contributed by atoms with van der Waals surface area (Å²) in [5, 5.41) is 6.05. The molecule has 0 atom stereocenters. The van der Waals surface area contributed by atoms with Crippen LogP contribution < -0.4 is 10.9 Å². The number of halogens is 1. The molecule has 0 saturated heterocycles. The summed E-state index contributed by atoms with van der Waals surface area (Å²) in [4.78, 5) is 32.1. The maximum absolute atomic E-state index is 13.6. The lowest BCUT2D eigenvalue weighted by Crippen LogP contribution is -2.42. The first-order valence-electron chi connectivity index (χ1n) is 8.13. The third kappa shape index (κ3) is 3.53. The van der Waals surface area contributed by atoms with Crippen molar-refractivity contribution in [2.45, 2.75) is 0 Å². The molecule has 0 unspecified atom stereocenters. The molecule has 2 amide bonds. The smallest absolute Gasteiger partial charge is 0.309 e. The molecule has 10 heteroatoms. The Hall–Kier alpha value is -3.79. The van der Waals surface area contributed by atoms with Gasteiger partial charge in [0.15, 0.2) is 5.82 Å². The summed E-state index contributed by atoms with van der Waals surface area (Å²) in [6, 6.07) is 12.7. The SMILES string of the molecule is O=C(NNC(=O)c1ccc[nH]1)c1nc(-c2cccs2)n(-c2cccc(F)c2)n1. The number of amides is 2. The number of rotatable bonds is 4. The van der Waals surface area contributed by atoms with Crippen molar-refractivity contribution < 1.29 is 14.0 Å². The van der Waals surface area contributed by atoms with E-state index in [9.17, 15) is 14.0 Å². The van der Waals surface area contributed by atoms with E-state index in [1.165, 1.54) is 28.2 Å².